The van der Waals surface area contributed by atoms with Gasteiger partial charge in [-0.3, -0.25) is 4.90 Å². The van der Waals surface area contributed by atoms with E-state index in [0.29, 0.717) is 37.5 Å². The fourth-order valence-electron chi connectivity index (χ4n) is 3.64. The first-order valence-corrected chi connectivity index (χ1v) is 11.0. The van der Waals surface area contributed by atoms with Crippen LogP contribution in [0.15, 0.2) is 34.7 Å². The van der Waals surface area contributed by atoms with Crippen molar-refractivity contribution < 1.29 is 17.2 Å². The van der Waals surface area contributed by atoms with Gasteiger partial charge in [0.25, 0.3) is 0 Å². The number of hydrogen-bond acceptors (Lipinski definition) is 4. The lowest BCUT2D eigenvalue weighted by atomic mass is 10.1. The first-order valence-electron chi connectivity index (χ1n) is 9.50. The molecule has 0 bridgehead atoms. The van der Waals surface area contributed by atoms with E-state index in [1.165, 1.54) is 6.07 Å². The minimum absolute atomic E-state index is 0.147. The lowest BCUT2D eigenvalue weighted by molar-refractivity contribution is 0.256. The van der Waals surface area contributed by atoms with Gasteiger partial charge in [-0.15, -0.1) is 0 Å². The summed E-state index contributed by atoms with van der Waals surface area (Å²) in [5.74, 6) is 1.23. The first-order chi connectivity index (χ1) is 12.9. The Morgan fingerprint density at radius 1 is 1.11 bits per heavy atom. The Hall–Kier alpha value is -1.70. The van der Waals surface area contributed by atoms with Gasteiger partial charge in [0.2, 0.25) is 10.0 Å². The third-order valence-electron chi connectivity index (χ3n) is 5.43. The third-order valence-corrected chi connectivity index (χ3v) is 7.83. The monoisotopic (exact) mass is 392 g/mol. The van der Waals surface area contributed by atoms with Crippen LogP contribution in [0.5, 0.6) is 0 Å². The van der Waals surface area contributed by atoms with Gasteiger partial charge in [-0.25, -0.2) is 17.1 Å². The Morgan fingerprint density at radius 2 is 1.93 bits per heavy atom. The van der Waals surface area contributed by atoms with Gasteiger partial charge in [0.05, 0.1) is 11.8 Å². The van der Waals surface area contributed by atoms with Crippen molar-refractivity contribution in [1.29, 1.82) is 0 Å². The highest BCUT2D eigenvalue weighted by Crippen LogP contribution is 2.32. The summed E-state index contributed by atoms with van der Waals surface area (Å²) in [4.78, 5) is 2.23. The maximum atomic E-state index is 13.8. The molecule has 2 fully saturated rings. The fraction of sp³-hybridized carbons (Fsp3) is 0.500. The average molecular weight is 392 g/mol. The van der Waals surface area contributed by atoms with Crippen molar-refractivity contribution >= 4 is 10.0 Å². The van der Waals surface area contributed by atoms with Crippen LogP contribution in [0.3, 0.4) is 0 Å². The molecule has 2 aromatic rings. The van der Waals surface area contributed by atoms with E-state index in [1.54, 1.807) is 17.3 Å². The molecular formula is C20H25FN2O3S. The zero-order valence-electron chi connectivity index (χ0n) is 15.5. The fourth-order valence-corrected chi connectivity index (χ4v) is 5.51. The van der Waals surface area contributed by atoms with E-state index in [1.807, 2.05) is 18.2 Å². The molecule has 0 atom stereocenters. The molecule has 2 heterocycles. The van der Waals surface area contributed by atoms with E-state index in [2.05, 4.69) is 4.90 Å². The Morgan fingerprint density at radius 3 is 2.70 bits per heavy atom. The van der Waals surface area contributed by atoms with Crippen LogP contribution in [-0.2, 0) is 16.6 Å². The predicted octanol–water partition coefficient (Wildman–Crippen LogP) is 3.39. The second-order valence-electron chi connectivity index (χ2n) is 7.45. The zero-order valence-corrected chi connectivity index (χ0v) is 16.3. The zero-order chi connectivity index (χ0) is 19.0. The van der Waals surface area contributed by atoms with E-state index in [4.69, 9.17) is 4.42 Å². The smallest absolute Gasteiger partial charge is 0.217 e. The molecule has 7 heteroatoms. The molecule has 27 heavy (non-hydrogen) atoms. The molecule has 0 N–H and O–H groups in total. The van der Waals surface area contributed by atoms with Crippen LogP contribution >= 0.6 is 0 Å². The number of hydrogen-bond donors (Lipinski definition) is 0. The predicted molar refractivity (Wildman–Crippen MR) is 102 cm³/mol. The van der Waals surface area contributed by atoms with Gasteiger partial charge in [0.1, 0.15) is 17.3 Å². The number of sulfonamides is 1. The lowest BCUT2D eigenvalue weighted by Gasteiger charge is -2.21. The second-order valence-corrected chi connectivity index (χ2v) is 9.66. The molecule has 5 nitrogen and oxygen atoms in total. The van der Waals surface area contributed by atoms with Crippen molar-refractivity contribution in [1.82, 2.24) is 9.21 Å². The van der Waals surface area contributed by atoms with E-state index in [-0.39, 0.29) is 11.1 Å². The van der Waals surface area contributed by atoms with Gasteiger partial charge in [-0.2, -0.15) is 0 Å². The number of benzene rings is 1. The minimum Gasteiger partial charge on any atom is -0.460 e. The average Bonchev–Trinajstić information content (AvgIpc) is 3.43. The van der Waals surface area contributed by atoms with Crippen LogP contribution in [0.4, 0.5) is 4.39 Å². The largest absolute Gasteiger partial charge is 0.460 e. The van der Waals surface area contributed by atoms with Crippen LogP contribution in [0, 0.1) is 12.7 Å². The molecule has 0 amide bonds. The van der Waals surface area contributed by atoms with Crippen LogP contribution in [0.25, 0.3) is 11.3 Å². The Bertz CT molecular complexity index is 921. The summed E-state index contributed by atoms with van der Waals surface area (Å²) in [7, 11) is -3.10. The van der Waals surface area contributed by atoms with E-state index < -0.39 is 10.0 Å². The molecule has 2 aliphatic rings. The van der Waals surface area contributed by atoms with Crippen LogP contribution < -0.4 is 0 Å². The molecule has 146 valence electrons. The standard InChI is InChI=1S/C20H25FN2O3S/c1-15-18(4-2-5-19(15)21)20-9-6-16(26-20)14-22-10-3-11-23(13-12-22)27(24,25)17-7-8-17/h2,4-6,9,17H,3,7-8,10-14H2,1H3. The summed E-state index contributed by atoms with van der Waals surface area (Å²) in [6.07, 6.45) is 2.43. The highest BCUT2D eigenvalue weighted by atomic mass is 32.2. The summed E-state index contributed by atoms with van der Waals surface area (Å²) in [5, 5.41) is -0.147. The third kappa shape index (κ3) is 3.95. The van der Waals surface area contributed by atoms with Crippen molar-refractivity contribution in [3.05, 3.63) is 47.5 Å². The van der Waals surface area contributed by atoms with Crippen LogP contribution in [-0.4, -0.2) is 49.1 Å². The molecule has 0 radical (unpaired) electrons. The summed E-state index contributed by atoms with van der Waals surface area (Å²) >= 11 is 0. The molecule has 0 unspecified atom stereocenters. The maximum absolute atomic E-state index is 13.8. The minimum atomic E-state index is -3.10. The number of halogens is 1. The Kier molecular flexibility index (Phi) is 5.09. The molecule has 0 spiro atoms. The summed E-state index contributed by atoms with van der Waals surface area (Å²) < 4.78 is 46.3. The van der Waals surface area contributed by atoms with E-state index >= 15 is 0 Å². The van der Waals surface area contributed by atoms with Gasteiger partial charge in [-0.05, 0) is 56.5 Å². The van der Waals surface area contributed by atoms with Crippen molar-refractivity contribution in [2.45, 2.75) is 38.0 Å². The van der Waals surface area contributed by atoms with Crippen molar-refractivity contribution in [3.63, 3.8) is 0 Å². The highest BCUT2D eigenvalue weighted by molar-refractivity contribution is 7.90. The first kappa shape index (κ1) is 18.7. The van der Waals surface area contributed by atoms with Gasteiger partial charge < -0.3 is 4.42 Å². The van der Waals surface area contributed by atoms with Gasteiger partial charge in [0.15, 0.2) is 0 Å². The quantitative estimate of drug-likeness (QED) is 0.783. The SMILES string of the molecule is Cc1c(F)cccc1-c1ccc(CN2CCCN(S(=O)(=O)C3CC3)CC2)o1. The molecule has 1 aliphatic heterocycles. The second kappa shape index (κ2) is 7.37. The topological polar surface area (TPSA) is 53.8 Å². The normalized spacial score (nSPS) is 19.9. The van der Waals surface area contributed by atoms with Crippen molar-refractivity contribution in [2.75, 3.05) is 26.2 Å². The molecular weight excluding hydrogens is 367 g/mol. The van der Waals surface area contributed by atoms with Gasteiger partial charge in [0, 0.05) is 25.2 Å². The number of rotatable bonds is 5. The van der Waals surface area contributed by atoms with Gasteiger partial charge in [-0.1, -0.05) is 12.1 Å². The Balaban J connectivity index is 1.41. The lowest BCUT2D eigenvalue weighted by Crippen LogP contribution is -2.37. The maximum Gasteiger partial charge on any atom is 0.217 e. The molecule has 1 saturated heterocycles. The van der Waals surface area contributed by atoms with Crippen LogP contribution in [0.1, 0.15) is 30.6 Å². The number of furan rings is 1. The number of nitrogens with zero attached hydrogens (tertiary/aromatic N) is 2. The highest BCUT2D eigenvalue weighted by Gasteiger charge is 2.40. The molecule has 1 aliphatic carbocycles. The summed E-state index contributed by atoms with van der Waals surface area (Å²) in [5.41, 5.74) is 1.34. The molecule has 1 aromatic carbocycles. The van der Waals surface area contributed by atoms with Gasteiger partial charge >= 0.3 is 0 Å². The molecule has 1 aromatic heterocycles. The van der Waals surface area contributed by atoms with Crippen molar-refractivity contribution in [3.8, 4) is 11.3 Å². The Labute approximate surface area is 159 Å². The molecule has 1 saturated carbocycles. The van der Waals surface area contributed by atoms with E-state index in [9.17, 15) is 12.8 Å². The van der Waals surface area contributed by atoms with Crippen molar-refractivity contribution in [2.24, 2.45) is 0 Å². The van der Waals surface area contributed by atoms with E-state index in [0.717, 1.165) is 37.1 Å². The summed E-state index contributed by atoms with van der Waals surface area (Å²) in [6.45, 7) is 5.05. The molecule has 4 rings (SSSR count). The van der Waals surface area contributed by atoms with Crippen LogP contribution in [0.2, 0.25) is 0 Å². The summed E-state index contributed by atoms with van der Waals surface area (Å²) in [6, 6.07) is 8.78.